The average molecular weight is 572 g/mol. The van der Waals surface area contributed by atoms with Gasteiger partial charge in [0.1, 0.15) is 11.6 Å². The number of carbonyl (C=O) groups excluding carboxylic acids is 3. The Balaban J connectivity index is 1.17. The van der Waals surface area contributed by atoms with E-state index in [4.69, 9.17) is 4.74 Å². The fourth-order valence-corrected chi connectivity index (χ4v) is 5.46. The Morgan fingerprint density at radius 1 is 1.02 bits per heavy atom. The van der Waals surface area contributed by atoms with E-state index < -0.39 is 23.6 Å². The zero-order valence-corrected chi connectivity index (χ0v) is 24.5. The number of fused-ring (bicyclic) bond motifs is 1. The number of amides is 3. The third-order valence-corrected chi connectivity index (χ3v) is 7.62. The normalized spacial score (nSPS) is 18.3. The summed E-state index contributed by atoms with van der Waals surface area (Å²) in [5, 5.41) is 5.10. The Hall–Kier alpha value is -4.36. The van der Waals surface area contributed by atoms with Crippen LogP contribution in [0.25, 0.3) is 11.0 Å². The predicted octanol–water partition coefficient (Wildman–Crippen LogP) is 3.93. The van der Waals surface area contributed by atoms with Gasteiger partial charge in [-0.05, 0) is 89.0 Å². The zero-order chi connectivity index (χ0) is 30.0. The van der Waals surface area contributed by atoms with Gasteiger partial charge >= 0.3 is 11.8 Å². The molecule has 10 nitrogen and oxygen atoms in total. The van der Waals surface area contributed by atoms with Crippen LogP contribution in [0.5, 0.6) is 0 Å². The van der Waals surface area contributed by atoms with Crippen molar-refractivity contribution in [2.75, 3.05) is 18.4 Å². The van der Waals surface area contributed by atoms with Gasteiger partial charge in [-0.2, -0.15) is 0 Å². The monoisotopic (exact) mass is 571 g/mol. The molecule has 220 valence electrons. The number of imide groups is 1. The number of carbonyl (C=O) groups is 3. The Bertz CT molecular complexity index is 1630. The molecule has 0 saturated carbocycles. The molecule has 2 saturated heterocycles. The number of anilines is 1. The SMILES string of the molecule is Cn1c(=O)n(C2CCC(=O)NC2=O)c2ccc(C#CC3CCN(Cc4ccc(NC(=O)OC(C)(C)C)cc4)CC3)cc21. The van der Waals surface area contributed by atoms with Crippen LogP contribution in [-0.4, -0.2) is 50.6 Å². The van der Waals surface area contributed by atoms with Crippen LogP contribution in [0.2, 0.25) is 0 Å². The van der Waals surface area contributed by atoms with Crippen LogP contribution in [0.3, 0.4) is 0 Å². The average Bonchev–Trinajstić information content (AvgIpc) is 3.17. The Kier molecular flexibility index (Phi) is 8.23. The van der Waals surface area contributed by atoms with Crippen LogP contribution in [0, 0.1) is 17.8 Å². The molecule has 3 heterocycles. The first-order valence-corrected chi connectivity index (χ1v) is 14.3. The van der Waals surface area contributed by atoms with E-state index in [1.807, 2.05) is 63.2 Å². The Morgan fingerprint density at radius 3 is 2.40 bits per heavy atom. The summed E-state index contributed by atoms with van der Waals surface area (Å²) in [5.74, 6) is 6.25. The molecule has 2 fully saturated rings. The number of piperidine rings is 2. The summed E-state index contributed by atoms with van der Waals surface area (Å²) in [6.45, 7) is 8.22. The number of aromatic nitrogens is 2. The van der Waals surface area contributed by atoms with Crippen molar-refractivity contribution in [2.45, 2.75) is 64.6 Å². The van der Waals surface area contributed by atoms with Crippen LogP contribution in [0.15, 0.2) is 47.3 Å². The first kappa shape index (κ1) is 29.1. The molecule has 0 bridgehead atoms. The van der Waals surface area contributed by atoms with Crippen molar-refractivity contribution in [2.24, 2.45) is 13.0 Å². The third-order valence-electron chi connectivity index (χ3n) is 7.62. The number of nitrogens with zero attached hydrogens (tertiary/aromatic N) is 3. The lowest BCUT2D eigenvalue weighted by atomic mass is 9.96. The molecular formula is C32H37N5O5. The second-order valence-electron chi connectivity index (χ2n) is 12.0. The van der Waals surface area contributed by atoms with Gasteiger partial charge < -0.3 is 4.74 Å². The highest BCUT2D eigenvalue weighted by Gasteiger charge is 2.31. The highest BCUT2D eigenvalue weighted by molar-refractivity contribution is 6.00. The number of rotatable bonds is 4. The van der Waals surface area contributed by atoms with Gasteiger partial charge in [0.2, 0.25) is 11.8 Å². The summed E-state index contributed by atoms with van der Waals surface area (Å²) in [5.41, 5.74) is 3.24. The molecule has 2 aliphatic rings. The number of hydrogen-bond acceptors (Lipinski definition) is 6. The first-order valence-electron chi connectivity index (χ1n) is 14.3. The smallest absolute Gasteiger partial charge is 0.412 e. The van der Waals surface area contributed by atoms with Crippen molar-refractivity contribution in [3.8, 4) is 11.8 Å². The molecule has 3 aromatic rings. The summed E-state index contributed by atoms with van der Waals surface area (Å²) in [6, 6.07) is 12.7. The fraction of sp³-hybridized carbons (Fsp3) is 0.438. The van der Waals surface area contributed by atoms with Gasteiger partial charge in [-0.25, -0.2) is 9.59 Å². The molecule has 0 spiro atoms. The van der Waals surface area contributed by atoms with Gasteiger partial charge in [0.25, 0.3) is 0 Å². The molecule has 2 aliphatic heterocycles. The zero-order valence-electron chi connectivity index (χ0n) is 24.5. The predicted molar refractivity (Wildman–Crippen MR) is 160 cm³/mol. The first-order chi connectivity index (χ1) is 20.0. The summed E-state index contributed by atoms with van der Waals surface area (Å²) < 4.78 is 8.32. The van der Waals surface area contributed by atoms with Gasteiger partial charge in [-0.1, -0.05) is 24.0 Å². The Labute approximate surface area is 245 Å². The van der Waals surface area contributed by atoms with Crippen molar-refractivity contribution in [1.82, 2.24) is 19.4 Å². The van der Waals surface area contributed by atoms with Crippen molar-refractivity contribution in [3.63, 3.8) is 0 Å². The van der Waals surface area contributed by atoms with Crippen molar-refractivity contribution in [3.05, 3.63) is 64.1 Å². The van der Waals surface area contributed by atoms with E-state index in [2.05, 4.69) is 27.4 Å². The standard InChI is InChI=1S/C32H37N5O5/c1-32(2,3)42-30(40)33-24-10-7-23(8-11-24)20-36-17-15-21(16-18-36)5-6-22-9-12-25-27(19-22)35(4)31(41)37(25)26-13-14-28(38)34-29(26)39/h7-12,19,21,26H,13-18,20H2,1-4H3,(H,33,40)(H,34,38,39). The number of imidazole rings is 1. The van der Waals surface area contributed by atoms with Crippen LogP contribution >= 0.6 is 0 Å². The third kappa shape index (κ3) is 6.74. The van der Waals surface area contributed by atoms with Crippen molar-refractivity contribution < 1.29 is 19.1 Å². The van der Waals surface area contributed by atoms with Crippen LogP contribution < -0.4 is 16.3 Å². The van der Waals surface area contributed by atoms with Gasteiger partial charge in [-0.15, -0.1) is 0 Å². The number of benzene rings is 2. The maximum Gasteiger partial charge on any atom is 0.412 e. The van der Waals surface area contributed by atoms with E-state index in [0.717, 1.165) is 38.0 Å². The lowest BCUT2D eigenvalue weighted by Crippen LogP contribution is -2.44. The molecular weight excluding hydrogens is 534 g/mol. The second-order valence-corrected chi connectivity index (χ2v) is 12.0. The highest BCUT2D eigenvalue weighted by Crippen LogP contribution is 2.24. The number of aryl methyl sites for hydroxylation is 1. The number of likely N-dealkylation sites (tertiary alicyclic amines) is 1. The van der Waals surface area contributed by atoms with E-state index in [1.165, 1.54) is 14.7 Å². The molecule has 0 aliphatic carbocycles. The van der Waals surface area contributed by atoms with Crippen molar-refractivity contribution >= 4 is 34.6 Å². The van der Waals surface area contributed by atoms with Gasteiger partial charge in [0, 0.05) is 37.2 Å². The van der Waals surface area contributed by atoms with E-state index >= 15 is 0 Å². The largest absolute Gasteiger partial charge is 0.444 e. The van der Waals surface area contributed by atoms with E-state index in [1.54, 1.807) is 7.05 Å². The summed E-state index contributed by atoms with van der Waals surface area (Å²) >= 11 is 0. The van der Waals surface area contributed by atoms with Crippen LogP contribution in [0.1, 0.15) is 63.6 Å². The maximum atomic E-state index is 13.0. The van der Waals surface area contributed by atoms with Crippen LogP contribution in [-0.2, 0) is 27.9 Å². The molecule has 2 N–H and O–H groups in total. The molecule has 1 aromatic heterocycles. The van der Waals surface area contributed by atoms with Gasteiger partial charge in [0.15, 0.2) is 0 Å². The number of hydrogen-bond donors (Lipinski definition) is 2. The van der Waals surface area contributed by atoms with E-state index in [-0.39, 0.29) is 23.9 Å². The minimum atomic E-state index is -0.701. The topological polar surface area (TPSA) is 115 Å². The molecule has 42 heavy (non-hydrogen) atoms. The highest BCUT2D eigenvalue weighted by atomic mass is 16.6. The van der Waals surface area contributed by atoms with E-state index in [0.29, 0.717) is 23.1 Å². The maximum absolute atomic E-state index is 13.0. The van der Waals surface area contributed by atoms with Crippen molar-refractivity contribution in [1.29, 1.82) is 0 Å². The lowest BCUT2D eigenvalue weighted by Gasteiger charge is -2.29. The molecule has 10 heteroatoms. The number of ether oxygens (including phenoxy) is 1. The molecule has 2 aromatic carbocycles. The molecule has 1 unspecified atom stereocenters. The Morgan fingerprint density at radius 2 is 1.74 bits per heavy atom. The molecule has 3 amide bonds. The molecule has 5 rings (SSSR count). The van der Waals surface area contributed by atoms with E-state index in [9.17, 15) is 19.2 Å². The fourth-order valence-electron chi connectivity index (χ4n) is 5.46. The molecule has 1 atom stereocenters. The number of nitrogens with one attached hydrogen (secondary N) is 2. The minimum Gasteiger partial charge on any atom is -0.444 e. The quantitative estimate of drug-likeness (QED) is 0.362. The summed E-state index contributed by atoms with van der Waals surface area (Å²) in [7, 11) is 1.69. The van der Waals surface area contributed by atoms with Gasteiger partial charge in [0.05, 0.1) is 11.0 Å². The van der Waals surface area contributed by atoms with Gasteiger partial charge in [-0.3, -0.25) is 34.3 Å². The van der Waals surface area contributed by atoms with Crippen LogP contribution in [0.4, 0.5) is 10.5 Å². The second kappa shape index (κ2) is 11.9. The summed E-state index contributed by atoms with van der Waals surface area (Å²) in [6.07, 6.45) is 1.99. The molecule has 0 radical (unpaired) electrons. The lowest BCUT2D eigenvalue weighted by molar-refractivity contribution is -0.135. The minimum absolute atomic E-state index is 0.210. The summed E-state index contributed by atoms with van der Waals surface area (Å²) in [4.78, 5) is 51.4.